The smallest absolute Gasteiger partial charge is 0.0447 e. The zero-order chi connectivity index (χ0) is 22.1. The van der Waals surface area contributed by atoms with Crippen LogP contribution in [-0.2, 0) is 18.4 Å². The van der Waals surface area contributed by atoms with E-state index >= 15 is 0 Å². The lowest BCUT2D eigenvalue weighted by molar-refractivity contribution is 0.439. The molecule has 0 radical (unpaired) electrons. The van der Waals surface area contributed by atoms with Gasteiger partial charge in [-0.1, -0.05) is 72.6 Å². The Bertz CT molecular complexity index is 1080. The summed E-state index contributed by atoms with van der Waals surface area (Å²) in [6.07, 6.45) is 0.978. The number of piperazine rings is 1. The molecule has 5 heteroatoms. The molecule has 1 saturated heterocycles. The highest BCUT2D eigenvalue weighted by Crippen LogP contribution is 2.45. The number of hydrogen-bond acceptors (Lipinski definition) is 3. The number of hydrogen-bond donors (Lipinski definition) is 1. The molecule has 1 N–H and O–H groups in total. The quantitative estimate of drug-likeness (QED) is 0.515. The molecule has 0 spiro atoms. The first-order valence-electron chi connectivity index (χ1n) is 11.3. The molecule has 0 bridgehead atoms. The third kappa shape index (κ3) is 4.34. The van der Waals surface area contributed by atoms with Crippen LogP contribution in [-0.4, -0.2) is 32.7 Å². The standard InChI is InChI=1S/C27H29Cl2N3/c1-27(21-7-9-22(28)10-8-21)17-24-25(31-13-11-30-12-14-31)15-23(29)16-26(24)32(19-27)18-20-5-3-2-4-6-20/h2-10,15-16,30H,11-14,17-19H2,1H3. The second kappa shape index (κ2) is 8.97. The van der Waals surface area contributed by atoms with E-state index < -0.39 is 0 Å². The summed E-state index contributed by atoms with van der Waals surface area (Å²) in [7, 11) is 0. The molecule has 3 aromatic carbocycles. The Balaban J connectivity index is 1.61. The Morgan fingerprint density at radius 3 is 2.28 bits per heavy atom. The molecule has 166 valence electrons. The summed E-state index contributed by atoms with van der Waals surface area (Å²) in [5, 5.41) is 5.06. The van der Waals surface area contributed by atoms with Crippen molar-refractivity contribution in [1.82, 2.24) is 5.32 Å². The van der Waals surface area contributed by atoms with Gasteiger partial charge in [0.1, 0.15) is 0 Å². The summed E-state index contributed by atoms with van der Waals surface area (Å²) in [6.45, 7) is 8.18. The van der Waals surface area contributed by atoms with E-state index in [-0.39, 0.29) is 5.41 Å². The minimum absolute atomic E-state index is 0.0248. The van der Waals surface area contributed by atoms with Crippen LogP contribution in [0.5, 0.6) is 0 Å². The van der Waals surface area contributed by atoms with E-state index in [2.05, 4.69) is 76.6 Å². The molecule has 2 heterocycles. The molecule has 1 atom stereocenters. The van der Waals surface area contributed by atoms with Crippen molar-refractivity contribution >= 4 is 34.6 Å². The van der Waals surface area contributed by atoms with Crippen LogP contribution in [0.2, 0.25) is 10.0 Å². The first-order chi connectivity index (χ1) is 15.5. The van der Waals surface area contributed by atoms with Crippen LogP contribution in [0.1, 0.15) is 23.6 Å². The molecular weight excluding hydrogens is 437 g/mol. The van der Waals surface area contributed by atoms with Crippen molar-refractivity contribution in [3.05, 3.63) is 93.5 Å². The molecule has 5 rings (SSSR count). The van der Waals surface area contributed by atoms with Crippen LogP contribution in [0.3, 0.4) is 0 Å². The molecule has 0 aliphatic carbocycles. The van der Waals surface area contributed by atoms with Crippen molar-refractivity contribution < 1.29 is 0 Å². The third-order valence-corrected chi connectivity index (χ3v) is 7.30. The lowest BCUT2D eigenvalue weighted by Crippen LogP contribution is -2.47. The van der Waals surface area contributed by atoms with E-state index in [1.165, 1.54) is 28.1 Å². The first-order valence-corrected chi connectivity index (χ1v) is 12.1. The zero-order valence-corrected chi connectivity index (χ0v) is 20.0. The molecule has 2 aliphatic rings. The average molecular weight is 466 g/mol. The number of rotatable bonds is 4. The Morgan fingerprint density at radius 1 is 0.875 bits per heavy atom. The van der Waals surface area contributed by atoms with Gasteiger partial charge in [0.2, 0.25) is 0 Å². The maximum atomic E-state index is 6.69. The van der Waals surface area contributed by atoms with Gasteiger partial charge in [-0.15, -0.1) is 0 Å². The Labute approximate surface area is 200 Å². The highest BCUT2D eigenvalue weighted by Gasteiger charge is 2.38. The van der Waals surface area contributed by atoms with Gasteiger partial charge in [0.25, 0.3) is 0 Å². The van der Waals surface area contributed by atoms with Gasteiger partial charge < -0.3 is 15.1 Å². The highest BCUT2D eigenvalue weighted by molar-refractivity contribution is 6.31. The number of nitrogens with zero attached hydrogens (tertiary/aromatic N) is 2. The lowest BCUT2D eigenvalue weighted by Gasteiger charge is -2.45. The van der Waals surface area contributed by atoms with Gasteiger partial charge in [0, 0.05) is 66.1 Å². The van der Waals surface area contributed by atoms with Crippen molar-refractivity contribution in [2.45, 2.75) is 25.3 Å². The number of anilines is 2. The largest absolute Gasteiger partial charge is 0.369 e. The van der Waals surface area contributed by atoms with Gasteiger partial charge in [-0.3, -0.25) is 0 Å². The van der Waals surface area contributed by atoms with Crippen molar-refractivity contribution in [1.29, 1.82) is 0 Å². The fourth-order valence-electron chi connectivity index (χ4n) is 5.20. The number of halogens is 2. The average Bonchev–Trinajstić information content (AvgIpc) is 2.81. The van der Waals surface area contributed by atoms with Crippen molar-refractivity contribution in [2.24, 2.45) is 0 Å². The van der Waals surface area contributed by atoms with Crippen molar-refractivity contribution in [3.63, 3.8) is 0 Å². The predicted octanol–water partition coefficient (Wildman–Crippen LogP) is 5.92. The van der Waals surface area contributed by atoms with Gasteiger partial charge in [-0.25, -0.2) is 0 Å². The van der Waals surface area contributed by atoms with Gasteiger partial charge in [-0.2, -0.15) is 0 Å². The number of fused-ring (bicyclic) bond motifs is 1. The van der Waals surface area contributed by atoms with Crippen LogP contribution < -0.4 is 15.1 Å². The molecular formula is C27H29Cl2N3. The fraction of sp³-hybridized carbons (Fsp3) is 0.333. The normalized spacial score (nSPS) is 20.8. The first kappa shape index (κ1) is 21.6. The maximum absolute atomic E-state index is 6.69. The molecule has 0 saturated carbocycles. The molecule has 1 fully saturated rings. The SMILES string of the molecule is CC1(c2ccc(Cl)cc2)Cc2c(N3CCNCC3)cc(Cl)cc2N(Cc2ccccc2)C1. The third-order valence-electron chi connectivity index (χ3n) is 6.83. The van der Waals surface area contributed by atoms with E-state index in [0.717, 1.165) is 55.7 Å². The second-order valence-electron chi connectivity index (χ2n) is 9.25. The van der Waals surface area contributed by atoms with Crippen LogP contribution >= 0.6 is 23.2 Å². The molecule has 3 nitrogen and oxygen atoms in total. The van der Waals surface area contributed by atoms with Crippen LogP contribution in [0.4, 0.5) is 11.4 Å². The second-order valence-corrected chi connectivity index (χ2v) is 10.1. The number of nitrogens with one attached hydrogen (secondary N) is 1. The van der Waals surface area contributed by atoms with Crippen molar-refractivity contribution in [2.75, 3.05) is 42.5 Å². The van der Waals surface area contributed by atoms with Gasteiger partial charge >= 0.3 is 0 Å². The Kier molecular flexibility index (Phi) is 6.07. The summed E-state index contributed by atoms with van der Waals surface area (Å²) >= 11 is 12.9. The summed E-state index contributed by atoms with van der Waals surface area (Å²) < 4.78 is 0. The van der Waals surface area contributed by atoms with Crippen LogP contribution in [0.25, 0.3) is 0 Å². The van der Waals surface area contributed by atoms with Crippen LogP contribution in [0.15, 0.2) is 66.7 Å². The zero-order valence-electron chi connectivity index (χ0n) is 18.5. The van der Waals surface area contributed by atoms with Crippen molar-refractivity contribution in [3.8, 4) is 0 Å². The maximum Gasteiger partial charge on any atom is 0.0447 e. The van der Waals surface area contributed by atoms with E-state index in [4.69, 9.17) is 23.2 Å². The van der Waals surface area contributed by atoms with E-state index in [1.54, 1.807) is 0 Å². The highest BCUT2D eigenvalue weighted by atomic mass is 35.5. The number of benzene rings is 3. The summed E-state index contributed by atoms with van der Waals surface area (Å²) in [5.41, 5.74) is 6.56. The molecule has 0 aromatic heterocycles. The molecule has 0 amide bonds. The van der Waals surface area contributed by atoms with E-state index in [1.807, 2.05) is 12.1 Å². The van der Waals surface area contributed by atoms with E-state index in [9.17, 15) is 0 Å². The topological polar surface area (TPSA) is 18.5 Å². The van der Waals surface area contributed by atoms with Gasteiger partial charge in [-0.05, 0) is 47.4 Å². The molecule has 2 aliphatic heterocycles. The monoisotopic (exact) mass is 465 g/mol. The molecule has 1 unspecified atom stereocenters. The van der Waals surface area contributed by atoms with Gasteiger partial charge in [0.05, 0.1) is 0 Å². The summed E-state index contributed by atoms with van der Waals surface area (Å²) in [5.74, 6) is 0. The summed E-state index contributed by atoms with van der Waals surface area (Å²) in [6, 6.07) is 23.4. The van der Waals surface area contributed by atoms with Gasteiger partial charge in [0.15, 0.2) is 0 Å². The summed E-state index contributed by atoms with van der Waals surface area (Å²) in [4.78, 5) is 5.01. The molecule has 32 heavy (non-hydrogen) atoms. The minimum Gasteiger partial charge on any atom is -0.369 e. The van der Waals surface area contributed by atoms with E-state index in [0.29, 0.717) is 0 Å². The Morgan fingerprint density at radius 2 is 1.56 bits per heavy atom. The molecule has 3 aromatic rings. The van der Waals surface area contributed by atoms with Crippen LogP contribution in [0, 0.1) is 0 Å². The lowest BCUT2D eigenvalue weighted by atomic mass is 9.73. The fourth-order valence-corrected chi connectivity index (χ4v) is 5.54. The predicted molar refractivity (Wildman–Crippen MR) is 137 cm³/mol. The minimum atomic E-state index is -0.0248. The Hall–Kier alpha value is -2.20.